The van der Waals surface area contributed by atoms with Crippen LogP contribution in [0.25, 0.3) is 0 Å². The number of unbranched alkanes of at least 4 members (excludes halogenated alkanes) is 2. The third-order valence-electron chi connectivity index (χ3n) is 6.31. The number of hydrogen-bond donors (Lipinski definition) is 0. The first-order chi connectivity index (χ1) is 13.6. The van der Waals surface area contributed by atoms with Crippen molar-refractivity contribution in [3.8, 4) is 5.75 Å². The van der Waals surface area contributed by atoms with Gasteiger partial charge in [0.2, 0.25) is 8.32 Å². The van der Waals surface area contributed by atoms with Crippen molar-refractivity contribution >= 4 is 19.7 Å². The van der Waals surface area contributed by atoms with Gasteiger partial charge in [0, 0.05) is 17.4 Å². The Labute approximate surface area is 180 Å². The fraction of sp³-hybridized carbons (Fsp3) is 0.538. The van der Waals surface area contributed by atoms with Crippen LogP contribution in [-0.4, -0.2) is 14.4 Å². The molecule has 0 bridgehead atoms. The molecule has 0 saturated carbocycles. The molecule has 0 amide bonds. The van der Waals surface area contributed by atoms with Gasteiger partial charge in [0.05, 0.1) is 0 Å². The van der Waals surface area contributed by atoms with Crippen LogP contribution in [-0.2, 0) is 0 Å². The number of rotatable bonds is 9. The Hall–Kier alpha value is -1.74. The van der Waals surface area contributed by atoms with Crippen molar-refractivity contribution in [3.05, 3.63) is 54.1 Å². The van der Waals surface area contributed by atoms with Crippen molar-refractivity contribution in [3.63, 3.8) is 0 Å². The van der Waals surface area contributed by atoms with E-state index in [1.807, 2.05) is 0 Å². The zero-order valence-electron chi connectivity index (χ0n) is 19.9. The smallest absolute Gasteiger partial charge is 0.250 e. The number of hydrogen-bond acceptors (Lipinski definition) is 2. The van der Waals surface area contributed by atoms with Crippen LogP contribution in [0.15, 0.2) is 48.5 Å². The van der Waals surface area contributed by atoms with Gasteiger partial charge in [0.15, 0.2) is 0 Å². The minimum atomic E-state index is -1.83. The molecule has 29 heavy (non-hydrogen) atoms. The molecule has 160 valence electrons. The predicted octanol–water partition coefficient (Wildman–Crippen LogP) is 8.49. The first kappa shape index (κ1) is 23.5. The summed E-state index contributed by atoms with van der Waals surface area (Å²) in [4.78, 5) is 2.50. The van der Waals surface area contributed by atoms with Gasteiger partial charge in [-0.25, -0.2) is 0 Å². The summed E-state index contributed by atoms with van der Waals surface area (Å²) in [5.41, 5.74) is 3.81. The average Bonchev–Trinajstić information content (AvgIpc) is 2.63. The lowest BCUT2D eigenvalue weighted by Gasteiger charge is -2.37. The summed E-state index contributed by atoms with van der Waals surface area (Å²) in [6, 6.07) is 17.9. The van der Waals surface area contributed by atoms with E-state index in [4.69, 9.17) is 4.43 Å². The molecule has 2 aromatic rings. The van der Waals surface area contributed by atoms with Gasteiger partial charge >= 0.3 is 0 Å². The van der Waals surface area contributed by atoms with Crippen molar-refractivity contribution in [1.29, 1.82) is 0 Å². The highest BCUT2D eigenvalue weighted by molar-refractivity contribution is 6.74. The SMILES string of the molecule is CCCCCC(C)N(c1ccccc1)c1ccc(O[Si](C)(C)C(C)(C)C)cc1C. The van der Waals surface area contributed by atoms with Crippen LogP contribution in [0, 0.1) is 6.92 Å². The van der Waals surface area contributed by atoms with Crippen LogP contribution in [0.3, 0.4) is 0 Å². The van der Waals surface area contributed by atoms with Gasteiger partial charge < -0.3 is 9.33 Å². The molecule has 2 aromatic carbocycles. The highest BCUT2D eigenvalue weighted by atomic mass is 28.4. The van der Waals surface area contributed by atoms with Crippen LogP contribution < -0.4 is 9.33 Å². The molecule has 0 aliphatic rings. The standard InChI is InChI=1S/C26H41NOSi/c1-9-10-12-15-22(3)27(23-16-13-11-14-17-23)25-19-18-24(20-21(25)2)28-29(7,8)26(4,5)6/h11,13-14,16-20,22H,9-10,12,15H2,1-8H3. The Balaban J connectivity index is 2.34. The maximum atomic E-state index is 6.55. The third kappa shape index (κ3) is 6.12. The van der Waals surface area contributed by atoms with E-state index in [0.717, 1.165) is 5.75 Å². The highest BCUT2D eigenvalue weighted by Gasteiger charge is 2.39. The summed E-state index contributed by atoms with van der Waals surface area (Å²) in [7, 11) is -1.83. The fourth-order valence-corrected chi connectivity index (χ4v) is 4.47. The van der Waals surface area contributed by atoms with Crippen molar-refractivity contribution < 1.29 is 4.43 Å². The summed E-state index contributed by atoms with van der Waals surface area (Å²) in [5.74, 6) is 1.00. The molecule has 0 aliphatic heterocycles. The van der Waals surface area contributed by atoms with Crippen LogP contribution >= 0.6 is 0 Å². The zero-order chi connectivity index (χ0) is 21.7. The first-order valence-electron chi connectivity index (χ1n) is 11.2. The molecule has 0 N–H and O–H groups in total. The normalized spacial score (nSPS) is 13.2. The van der Waals surface area contributed by atoms with Crippen LogP contribution in [0.2, 0.25) is 18.1 Å². The summed E-state index contributed by atoms with van der Waals surface area (Å²) in [5, 5.41) is 0.198. The maximum Gasteiger partial charge on any atom is 0.250 e. The minimum Gasteiger partial charge on any atom is -0.543 e. The molecular formula is C26H41NOSi. The lowest BCUT2D eigenvalue weighted by molar-refractivity contribution is 0.492. The largest absolute Gasteiger partial charge is 0.543 e. The van der Waals surface area contributed by atoms with Crippen LogP contribution in [0.1, 0.15) is 65.9 Å². The molecule has 1 unspecified atom stereocenters. The van der Waals surface area contributed by atoms with E-state index < -0.39 is 8.32 Å². The quantitative estimate of drug-likeness (QED) is 0.303. The van der Waals surface area contributed by atoms with E-state index in [0.29, 0.717) is 6.04 Å². The van der Waals surface area contributed by atoms with Gasteiger partial charge in [-0.1, -0.05) is 65.2 Å². The summed E-state index contributed by atoms with van der Waals surface area (Å²) in [6.07, 6.45) is 5.03. The van der Waals surface area contributed by atoms with Crippen molar-refractivity contribution in [2.45, 2.75) is 91.4 Å². The molecule has 0 fully saturated rings. The molecular weight excluding hydrogens is 370 g/mol. The third-order valence-corrected chi connectivity index (χ3v) is 10.7. The van der Waals surface area contributed by atoms with Gasteiger partial charge in [0.25, 0.3) is 0 Å². The summed E-state index contributed by atoms with van der Waals surface area (Å²) >= 11 is 0. The van der Waals surface area contributed by atoms with Crippen LogP contribution in [0.5, 0.6) is 5.75 Å². The molecule has 1 atom stereocenters. The molecule has 0 heterocycles. The monoisotopic (exact) mass is 411 g/mol. The number of aryl methyl sites for hydroxylation is 1. The van der Waals surface area contributed by atoms with Gasteiger partial charge in [-0.3, -0.25) is 0 Å². The molecule has 0 radical (unpaired) electrons. The Morgan fingerprint density at radius 2 is 1.66 bits per heavy atom. The highest BCUT2D eigenvalue weighted by Crippen LogP contribution is 2.39. The Kier molecular flexibility index (Phi) is 7.99. The summed E-state index contributed by atoms with van der Waals surface area (Å²) < 4.78 is 6.55. The van der Waals surface area contributed by atoms with E-state index in [1.54, 1.807) is 0 Å². The van der Waals surface area contributed by atoms with Gasteiger partial charge in [-0.2, -0.15) is 0 Å². The van der Waals surface area contributed by atoms with Crippen molar-refractivity contribution in [2.75, 3.05) is 4.90 Å². The maximum absolute atomic E-state index is 6.55. The molecule has 2 nitrogen and oxygen atoms in total. The molecule has 2 rings (SSSR count). The van der Waals surface area contributed by atoms with Gasteiger partial charge in [0.1, 0.15) is 5.75 Å². The van der Waals surface area contributed by atoms with Crippen LogP contribution in [0.4, 0.5) is 11.4 Å². The average molecular weight is 412 g/mol. The lowest BCUT2D eigenvalue weighted by Crippen LogP contribution is -2.43. The number of anilines is 2. The number of benzene rings is 2. The predicted molar refractivity (Wildman–Crippen MR) is 131 cm³/mol. The molecule has 3 heteroatoms. The van der Waals surface area contributed by atoms with E-state index in [1.165, 1.54) is 42.6 Å². The molecule has 0 aliphatic carbocycles. The van der Waals surface area contributed by atoms with E-state index in [2.05, 4.69) is 108 Å². The van der Waals surface area contributed by atoms with Gasteiger partial charge in [-0.15, -0.1) is 0 Å². The van der Waals surface area contributed by atoms with Crippen molar-refractivity contribution in [2.24, 2.45) is 0 Å². The van der Waals surface area contributed by atoms with Crippen molar-refractivity contribution in [1.82, 2.24) is 0 Å². The minimum absolute atomic E-state index is 0.198. The lowest BCUT2D eigenvalue weighted by atomic mass is 10.0. The zero-order valence-corrected chi connectivity index (χ0v) is 20.9. The molecule has 0 spiro atoms. The number of nitrogens with zero attached hydrogens (tertiary/aromatic N) is 1. The Morgan fingerprint density at radius 3 is 2.21 bits per heavy atom. The number of para-hydroxylation sites is 1. The summed E-state index contributed by atoms with van der Waals surface area (Å²) in [6.45, 7) is 18.3. The first-order valence-corrected chi connectivity index (χ1v) is 14.1. The fourth-order valence-electron chi connectivity index (χ4n) is 3.45. The second-order valence-electron chi connectivity index (χ2n) is 9.86. The molecule has 0 saturated heterocycles. The van der Waals surface area contributed by atoms with E-state index in [9.17, 15) is 0 Å². The second-order valence-corrected chi connectivity index (χ2v) is 14.6. The second kappa shape index (κ2) is 9.84. The Bertz CT molecular complexity index is 764. The topological polar surface area (TPSA) is 12.5 Å². The Morgan fingerprint density at radius 1 is 1.00 bits per heavy atom. The van der Waals surface area contributed by atoms with E-state index in [-0.39, 0.29) is 5.04 Å². The van der Waals surface area contributed by atoms with Gasteiger partial charge in [-0.05, 0) is 74.3 Å². The molecule has 0 aromatic heterocycles. The van der Waals surface area contributed by atoms with E-state index >= 15 is 0 Å².